The average Bonchev–Trinajstić information content (AvgIpc) is 2.64. The van der Waals surface area contributed by atoms with Crippen LogP contribution in [0.15, 0.2) is 42.5 Å². The van der Waals surface area contributed by atoms with E-state index in [0.717, 1.165) is 43.2 Å². The molecule has 2 aromatic rings. The second-order valence-corrected chi connectivity index (χ2v) is 6.76. The van der Waals surface area contributed by atoms with Crippen molar-refractivity contribution in [1.82, 2.24) is 0 Å². The van der Waals surface area contributed by atoms with E-state index < -0.39 is 0 Å². The van der Waals surface area contributed by atoms with E-state index in [4.69, 9.17) is 27.9 Å². The van der Waals surface area contributed by atoms with Gasteiger partial charge in [0.05, 0.1) is 23.3 Å². The lowest BCUT2D eigenvalue weighted by Gasteiger charge is -2.28. The van der Waals surface area contributed by atoms with Crippen LogP contribution in [0.1, 0.15) is 12.0 Å². The minimum Gasteiger partial charge on any atom is -0.378 e. The number of halogens is 2. The molecule has 1 aliphatic rings. The summed E-state index contributed by atoms with van der Waals surface area (Å²) in [5.74, 6) is -0.0230. The third-order valence-electron chi connectivity index (χ3n) is 4.15. The Morgan fingerprint density at radius 3 is 2.44 bits per heavy atom. The number of benzene rings is 2. The van der Waals surface area contributed by atoms with E-state index >= 15 is 0 Å². The molecule has 6 heteroatoms. The maximum atomic E-state index is 12.1. The molecule has 0 bridgehead atoms. The summed E-state index contributed by atoms with van der Waals surface area (Å²) in [4.78, 5) is 14.4. The van der Waals surface area contributed by atoms with Crippen LogP contribution in [-0.2, 0) is 16.0 Å². The molecular formula is C19H20Cl2N2O2. The predicted octanol–water partition coefficient (Wildman–Crippen LogP) is 4.40. The van der Waals surface area contributed by atoms with Crippen molar-refractivity contribution in [1.29, 1.82) is 0 Å². The topological polar surface area (TPSA) is 41.6 Å². The normalized spacial score (nSPS) is 14.4. The molecule has 1 heterocycles. The molecule has 0 unspecified atom stereocenters. The van der Waals surface area contributed by atoms with Crippen LogP contribution in [0.4, 0.5) is 11.4 Å². The summed E-state index contributed by atoms with van der Waals surface area (Å²) in [6, 6.07) is 13.4. The number of ether oxygens (including phenoxy) is 1. The van der Waals surface area contributed by atoms with E-state index in [1.165, 1.54) is 0 Å². The molecule has 4 nitrogen and oxygen atoms in total. The first kappa shape index (κ1) is 18.1. The number of hydrogen-bond acceptors (Lipinski definition) is 3. The summed E-state index contributed by atoms with van der Waals surface area (Å²) in [6.45, 7) is 3.31. The number of morpholine rings is 1. The summed E-state index contributed by atoms with van der Waals surface area (Å²) < 4.78 is 5.36. The molecule has 0 aromatic heterocycles. The minimum absolute atomic E-state index is 0.0230. The van der Waals surface area contributed by atoms with Crippen LogP contribution in [0.5, 0.6) is 0 Å². The van der Waals surface area contributed by atoms with Gasteiger partial charge < -0.3 is 15.0 Å². The maximum absolute atomic E-state index is 12.1. The number of rotatable bonds is 5. The Balaban J connectivity index is 1.51. The molecule has 1 fully saturated rings. The van der Waals surface area contributed by atoms with Crippen molar-refractivity contribution in [3.8, 4) is 0 Å². The summed E-state index contributed by atoms with van der Waals surface area (Å²) in [5, 5.41) is 3.96. The lowest BCUT2D eigenvalue weighted by atomic mass is 10.1. The highest BCUT2D eigenvalue weighted by atomic mass is 35.5. The molecule has 1 N–H and O–H groups in total. The van der Waals surface area contributed by atoms with Crippen molar-refractivity contribution in [3.63, 3.8) is 0 Å². The van der Waals surface area contributed by atoms with Crippen LogP contribution in [0.25, 0.3) is 0 Å². The third-order valence-corrected chi connectivity index (χ3v) is 4.89. The van der Waals surface area contributed by atoms with Gasteiger partial charge in [0, 0.05) is 30.9 Å². The van der Waals surface area contributed by atoms with Gasteiger partial charge in [0.15, 0.2) is 0 Å². The monoisotopic (exact) mass is 378 g/mol. The second-order valence-electron chi connectivity index (χ2n) is 5.94. The quantitative estimate of drug-likeness (QED) is 0.837. The van der Waals surface area contributed by atoms with Crippen LogP contribution < -0.4 is 10.2 Å². The molecule has 0 spiro atoms. The molecule has 1 aliphatic heterocycles. The van der Waals surface area contributed by atoms with Gasteiger partial charge in [0.25, 0.3) is 0 Å². The van der Waals surface area contributed by atoms with Crippen molar-refractivity contribution in [3.05, 3.63) is 58.1 Å². The fourth-order valence-electron chi connectivity index (χ4n) is 2.75. The van der Waals surface area contributed by atoms with Gasteiger partial charge in [-0.05, 0) is 48.4 Å². The molecule has 0 aliphatic carbocycles. The van der Waals surface area contributed by atoms with Crippen LogP contribution in [0.2, 0.25) is 10.0 Å². The molecule has 1 saturated heterocycles. The Labute approximate surface area is 157 Å². The van der Waals surface area contributed by atoms with Crippen LogP contribution in [0, 0.1) is 0 Å². The summed E-state index contributed by atoms with van der Waals surface area (Å²) >= 11 is 11.9. The molecule has 2 aromatic carbocycles. The fourth-order valence-corrected chi connectivity index (χ4v) is 3.07. The summed E-state index contributed by atoms with van der Waals surface area (Å²) in [6.07, 6.45) is 1.01. The molecule has 0 atom stereocenters. The van der Waals surface area contributed by atoms with Gasteiger partial charge in [0.2, 0.25) is 5.91 Å². The van der Waals surface area contributed by atoms with Gasteiger partial charge in [-0.2, -0.15) is 0 Å². The molecule has 132 valence electrons. The Morgan fingerprint density at radius 2 is 1.76 bits per heavy atom. The number of amides is 1. The zero-order valence-electron chi connectivity index (χ0n) is 13.8. The standard InChI is InChI=1S/C19H20Cl2N2O2/c20-17-7-1-14(13-18(17)21)2-8-19(24)22-15-3-5-16(6-4-15)23-9-11-25-12-10-23/h1,3-7,13H,2,8-12H2,(H,22,24). The molecule has 1 amide bonds. The van der Waals surface area contributed by atoms with Gasteiger partial charge >= 0.3 is 0 Å². The Hall–Kier alpha value is -1.75. The average molecular weight is 379 g/mol. The molecule has 0 radical (unpaired) electrons. The highest BCUT2D eigenvalue weighted by Crippen LogP contribution is 2.23. The number of carbonyl (C=O) groups is 1. The summed E-state index contributed by atoms with van der Waals surface area (Å²) in [7, 11) is 0. The van der Waals surface area contributed by atoms with E-state index in [2.05, 4.69) is 10.2 Å². The lowest BCUT2D eigenvalue weighted by molar-refractivity contribution is -0.116. The van der Waals surface area contributed by atoms with Crippen molar-refractivity contribution < 1.29 is 9.53 Å². The van der Waals surface area contributed by atoms with E-state index in [1.54, 1.807) is 12.1 Å². The van der Waals surface area contributed by atoms with E-state index in [9.17, 15) is 4.79 Å². The zero-order chi connectivity index (χ0) is 17.6. The van der Waals surface area contributed by atoms with Gasteiger partial charge in [-0.1, -0.05) is 29.3 Å². The Bertz CT molecular complexity index is 729. The number of nitrogens with one attached hydrogen (secondary N) is 1. The van der Waals surface area contributed by atoms with Crippen molar-refractivity contribution in [2.45, 2.75) is 12.8 Å². The third kappa shape index (κ3) is 5.11. The predicted molar refractivity (Wildman–Crippen MR) is 103 cm³/mol. The SMILES string of the molecule is O=C(CCc1ccc(Cl)c(Cl)c1)Nc1ccc(N2CCOCC2)cc1. The van der Waals surface area contributed by atoms with Crippen LogP contribution in [0.3, 0.4) is 0 Å². The molecular weight excluding hydrogens is 359 g/mol. The van der Waals surface area contributed by atoms with Crippen molar-refractivity contribution >= 4 is 40.5 Å². The zero-order valence-corrected chi connectivity index (χ0v) is 15.3. The van der Waals surface area contributed by atoms with E-state index in [1.807, 2.05) is 30.3 Å². The minimum atomic E-state index is -0.0230. The highest BCUT2D eigenvalue weighted by Gasteiger charge is 2.11. The van der Waals surface area contributed by atoms with Gasteiger partial charge in [-0.15, -0.1) is 0 Å². The molecule has 3 rings (SSSR count). The largest absolute Gasteiger partial charge is 0.378 e. The van der Waals surface area contributed by atoms with Gasteiger partial charge in [0.1, 0.15) is 0 Å². The first-order chi connectivity index (χ1) is 12.1. The fraction of sp³-hybridized carbons (Fsp3) is 0.316. The Kier molecular flexibility index (Phi) is 6.19. The van der Waals surface area contributed by atoms with Gasteiger partial charge in [-0.3, -0.25) is 4.79 Å². The van der Waals surface area contributed by atoms with E-state index in [0.29, 0.717) is 22.9 Å². The second kappa shape index (κ2) is 8.56. The van der Waals surface area contributed by atoms with Crippen LogP contribution in [-0.4, -0.2) is 32.2 Å². The van der Waals surface area contributed by atoms with Crippen LogP contribution >= 0.6 is 23.2 Å². The van der Waals surface area contributed by atoms with Crippen molar-refractivity contribution in [2.24, 2.45) is 0 Å². The number of hydrogen-bond donors (Lipinski definition) is 1. The summed E-state index contributed by atoms with van der Waals surface area (Å²) in [5.41, 5.74) is 2.94. The lowest BCUT2D eigenvalue weighted by Crippen LogP contribution is -2.36. The first-order valence-electron chi connectivity index (χ1n) is 8.28. The van der Waals surface area contributed by atoms with Crippen molar-refractivity contribution in [2.75, 3.05) is 36.5 Å². The number of carbonyl (C=O) groups excluding carboxylic acids is 1. The molecule has 25 heavy (non-hydrogen) atoms. The number of nitrogens with zero attached hydrogens (tertiary/aromatic N) is 1. The molecule has 0 saturated carbocycles. The Morgan fingerprint density at radius 1 is 1.04 bits per heavy atom. The smallest absolute Gasteiger partial charge is 0.224 e. The highest BCUT2D eigenvalue weighted by molar-refractivity contribution is 6.42. The maximum Gasteiger partial charge on any atom is 0.224 e. The number of anilines is 2. The number of aryl methyl sites for hydroxylation is 1. The first-order valence-corrected chi connectivity index (χ1v) is 9.04. The van der Waals surface area contributed by atoms with Gasteiger partial charge in [-0.25, -0.2) is 0 Å². The van der Waals surface area contributed by atoms with E-state index in [-0.39, 0.29) is 5.91 Å².